The molecule has 0 aliphatic carbocycles. The first-order valence-electron chi connectivity index (χ1n) is 10.1. The Morgan fingerprint density at radius 3 is 2.21 bits per heavy atom. The first-order chi connectivity index (χ1) is 14.1. The van der Waals surface area contributed by atoms with E-state index in [0.717, 1.165) is 53.8 Å². The van der Waals surface area contributed by atoms with Crippen molar-refractivity contribution in [3.05, 3.63) is 105 Å². The summed E-state index contributed by atoms with van der Waals surface area (Å²) in [6, 6.07) is 25.1. The van der Waals surface area contributed by atoms with E-state index in [1.54, 1.807) is 0 Å². The fraction of sp³-hybridized carbons (Fsp3) is 0.280. The summed E-state index contributed by atoms with van der Waals surface area (Å²) in [5.41, 5.74) is 4.94. The van der Waals surface area contributed by atoms with Crippen LogP contribution in [0, 0.1) is 6.92 Å². The molecule has 2 nitrogen and oxygen atoms in total. The van der Waals surface area contributed by atoms with Gasteiger partial charge in [-0.25, -0.2) is 0 Å². The third-order valence-corrected chi connectivity index (χ3v) is 6.28. The van der Waals surface area contributed by atoms with Crippen molar-refractivity contribution >= 4 is 23.2 Å². The van der Waals surface area contributed by atoms with E-state index >= 15 is 0 Å². The highest BCUT2D eigenvalue weighted by Gasteiger charge is 2.32. The molecule has 4 rings (SSSR count). The normalized spacial score (nSPS) is 18.1. The highest BCUT2D eigenvalue weighted by atomic mass is 35.5. The van der Waals surface area contributed by atoms with E-state index in [1.807, 2.05) is 24.3 Å². The maximum atomic E-state index is 6.67. The van der Waals surface area contributed by atoms with E-state index in [0.29, 0.717) is 0 Å². The number of benzene rings is 3. The van der Waals surface area contributed by atoms with Gasteiger partial charge in [-0.15, -0.1) is 0 Å². The van der Waals surface area contributed by atoms with Gasteiger partial charge in [0, 0.05) is 41.8 Å². The van der Waals surface area contributed by atoms with Crippen LogP contribution in [0.4, 0.5) is 0 Å². The lowest BCUT2D eigenvalue weighted by Crippen LogP contribution is -2.47. The van der Waals surface area contributed by atoms with E-state index in [1.165, 1.54) is 11.1 Å². The predicted octanol–water partition coefficient (Wildman–Crippen LogP) is 6.71. The van der Waals surface area contributed by atoms with Crippen molar-refractivity contribution < 1.29 is 0 Å². The summed E-state index contributed by atoms with van der Waals surface area (Å²) >= 11 is 13.2. The van der Waals surface area contributed by atoms with Crippen LogP contribution in [0.25, 0.3) is 0 Å². The molecule has 150 valence electrons. The minimum absolute atomic E-state index is 0.120. The van der Waals surface area contributed by atoms with Gasteiger partial charge in [-0.3, -0.25) is 9.80 Å². The highest BCUT2D eigenvalue weighted by molar-refractivity contribution is 6.31. The van der Waals surface area contributed by atoms with Gasteiger partial charge >= 0.3 is 0 Å². The molecule has 0 radical (unpaired) electrons. The molecule has 0 saturated carbocycles. The number of nitrogens with zero attached hydrogens (tertiary/aromatic N) is 2. The highest BCUT2D eigenvalue weighted by Crippen LogP contribution is 2.36. The summed E-state index contributed by atoms with van der Waals surface area (Å²) in [6.45, 7) is 5.92. The zero-order valence-corrected chi connectivity index (χ0v) is 18.2. The number of hydrogen-bond donors (Lipinski definition) is 0. The number of hydrogen-bond acceptors (Lipinski definition) is 2. The third-order valence-electron chi connectivity index (χ3n) is 5.57. The third kappa shape index (κ3) is 4.84. The lowest BCUT2D eigenvalue weighted by Gasteiger charge is -2.44. The van der Waals surface area contributed by atoms with Gasteiger partial charge in [0.2, 0.25) is 0 Å². The van der Waals surface area contributed by atoms with Gasteiger partial charge < -0.3 is 0 Å². The van der Waals surface area contributed by atoms with Gasteiger partial charge in [0.1, 0.15) is 0 Å². The second kappa shape index (κ2) is 9.32. The summed E-state index contributed by atoms with van der Waals surface area (Å²) in [6.07, 6.45) is 1.24. The zero-order valence-electron chi connectivity index (χ0n) is 16.7. The maximum Gasteiger partial charge on any atom is 0.0906 e. The minimum Gasteiger partial charge on any atom is -0.280 e. The van der Waals surface area contributed by atoms with Gasteiger partial charge in [-0.05, 0) is 36.6 Å². The van der Waals surface area contributed by atoms with E-state index in [4.69, 9.17) is 23.2 Å². The lowest BCUT2D eigenvalue weighted by molar-refractivity contribution is -0.00901. The second-order valence-electron chi connectivity index (χ2n) is 7.77. The standard InChI is InChI=1S/C25H26Cl2N2/c1-19-8-6-9-20(16-19)17-28-14-7-15-29(18-21-10-2-4-12-23(21)26)25(28)22-11-3-5-13-24(22)27/h2-6,8-13,16,25H,7,14-15,17-18H2,1H3. The van der Waals surface area contributed by atoms with Crippen LogP contribution in [-0.2, 0) is 13.1 Å². The SMILES string of the molecule is Cc1cccc(CN2CCCN(Cc3ccccc3Cl)C2c2ccccc2Cl)c1. The van der Waals surface area contributed by atoms with Crippen molar-refractivity contribution in [2.45, 2.75) is 32.6 Å². The van der Waals surface area contributed by atoms with Crippen molar-refractivity contribution in [2.24, 2.45) is 0 Å². The van der Waals surface area contributed by atoms with Crippen LogP contribution in [0.15, 0.2) is 72.8 Å². The molecule has 3 aromatic carbocycles. The van der Waals surface area contributed by atoms with Gasteiger partial charge in [-0.2, -0.15) is 0 Å². The van der Waals surface area contributed by atoms with Gasteiger partial charge in [-0.1, -0.05) is 89.4 Å². The largest absolute Gasteiger partial charge is 0.280 e. The average molecular weight is 425 g/mol. The first kappa shape index (κ1) is 20.4. The molecule has 1 saturated heterocycles. The fourth-order valence-corrected chi connectivity index (χ4v) is 4.68. The molecule has 4 heteroatoms. The van der Waals surface area contributed by atoms with Gasteiger partial charge in [0.25, 0.3) is 0 Å². The summed E-state index contributed by atoms with van der Waals surface area (Å²) in [4.78, 5) is 5.04. The molecule has 3 aromatic rings. The van der Waals surface area contributed by atoms with Gasteiger partial charge in [0.05, 0.1) is 6.17 Å². The van der Waals surface area contributed by atoms with Crippen LogP contribution in [-0.4, -0.2) is 22.9 Å². The summed E-state index contributed by atoms with van der Waals surface area (Å²) in [5, 5.41) is 1.64. The molecule has 1 aliphatic rings. The average Bonchev–Trinajstić information content (AvgIpc) is 2.71. The Morgan fingerprint density at radius 2 is 1.48 bits per heavy atom. The molecule has 1 atom stereocenters. The van der Waals surface area contributed by atoms with E-state index in [9.17, 15) is 0 Å². The molecule has 0 spiro atoms. The Morgan fingerprint density at radius 1 is 0.793 bits per heavy atom. The molecule has 1 fully saturated rings. The van der Waals surface area contributed by atoms with Crippen LogP contribution >= 0.6 is 23.2 Å². The molecule has 1 unspecified atom stereocenters. The Balaban J connectivity index is 1.68. The molecule has 0 amide bonds. The topological polar surface area (TPSA) is 6.48 Å². The fourth-order valence-electron chi connectivity index (χ4n) is 4.25. The van der Waals surface area contributed by atoms with Crippen LogP contribution in [0.2, 0.25) is 10.0 Å². The zero-order chi connectivity index (χ0) is 20.2. The Labute approximate surface area is 183 Å². The molecule has 1 aliphatic heterocycles. The minimum atomic E-state index is 0.120. The van der Waals surface area contributed by atoms with E-state index in [2.05, 4.69) is 65.3 Å². The predicted molar refractivity (Wildman–Crippen MR) is 122 cm³/mol. The molecule has 0 aromatic heterocycles. The molecule has 1 heterocycles. The Bertz CT molecular complexity index is 972. The molecular weight excluding hydrogens is 399 g/mol. The van der Waals surface area contributed by atoms with Crippen LogP contribution in [0.1, 0.15) is 34.8 Å². The van der Waals surface area contributed by atoms with Crippen molar-refractivity contribution in [2.75, 3.05) is 13.1 Å². The van der Waals surface area contributed by atoms with Crippen molar-refractivity contribution in [3.8, 4) is 0 Å². The van der Waals surface area contributed by atoms with Crippen molar-refractivity contribution in [3.63, 3.8) is 0 Å². The Hall–Kier alpha value is -1.84. The second-order valence-corrected chi connectivity index (χ2v) is 8.58. The van der Waals surface area contributed by atoms with E-state index in [-0.39, 0.29) is 6.17 Å². The smallest absolute Gasteiger partial charge is 0.0906 e. The molecule has 0 N–H and O–H groups in total. The first-order valence-corrected chi connectivity index (χ1v) is 10.9. The maximum absolute atomic E-state index is 6.67. The Kier molecular flexibility index (Phi) is 6.56. The molecule has 29 heavy (non-hydrogen) atoms. The number of halogens is 2. The lowest BCUT2D eigenvalue weighted by atomic mass is 10.0. The van der Waals surface area contributed by atoms with Crippen molar-refractivity contribution in [1.82, 2.24) is 9.80 Å². The van der Waals surface area contributed by atoms with E-state index < -0.39 is 0 Å². The quantitative estimate of drug-likeness (QED) is 0.448. The van der Waals surface area contributed by atoms with Crippen LogP contribution in [0.3, 0.4) is 0 Å². The summed E-state index contributed by atoms with van der Waals surface area (Å²) in [5.74, 6) is 0. The van der Waals surface area contributed by atoms with Crippen LogP contribution in [0.5, 0.6) is 0 Å². The molecule has 0 bridgehead atoms. The number of rotatable bonds is 5. The van der Waals surface area contributed by atoms with Crippen LogP contribution < -0.4 is 0 Å². The monoisotopic (exact) mass is 424 g/mol. The summed E-state index contributed by atoms with van der Waals surface area (Å²) in [7, 11) is 0. The van der Waals surface area contributed by atoms with Gasteiger partial charge in [0.15, 0.2) is 0 Å². The summed E-state index contributed by atoms with van der Waals surface area (Å²) < 4.78 is 0. The number of aryl methyl sites for hydroxylation is 1. The van der Waals surface area contributed by atoms with Crippen molar-refractivity contribution in [1.29, 1.82) is 0 Å². The molecular formula is C25H26Cl2N2.